The summed E-state index contributed by atoms with van der Waals surface area (Å²) < 4.78 is 7.64. The summed E-state index contributed by atoms with van der Waals surface area (Å²) in [5, 5.41) is 16.0. The van der Waals surface area contributed by atoms with Gasteiger partial charge in [0.05, 0.1) is 43.4 Å². The van der Waals surface area contributed by atoms with Crippen LogP contribution in [0.4, 0.5) is 11.4 Å². The fraction of sp³-hybridized carbons (Fsp3) is 0.545. The standard InChI is InChI=1S/C33H43BrN4O6Si/c1-20-30(45(2,3)43)28(17-29(40)37-15-5-6-24(37)19-39)44-33(20)25-16-22(34)10-13-27(25)38(32(33)42)18-21-8-11-23(12-9-21)36-31(41)26-7-4-14-35-26/h8-13,16,20,24,26,28,30,35,39,43H,4-7,14-15,17-19H2,1-3H3,(H,36,41)/t20-,24+,26-,28+,30-,33+/m1/s1. The molecule has 12 heteroatoms. The third kappa shape index (κ3) is 5.89. The molecule has 1 spiro atoms. The van der Waals surface area contributed by atoms with Gasteiger partial charge in [-0.2, -0.15) is 0 Å². The van der Waals surface area contributed by atoms with Crippen LogP contribution in [0.5, 0.6) is 0 Å². The zero-order valence-corrected chi connectivity index (χ0v) is 28.7. The molecule has 6 rings (SSSR count). The number of anilines is 2. The Bertz CT molecular complexity index is 1460. The smallest absolute Gasteiger partial charge is 0.264 e. The summed E-state index contributed by atoms with van der Waals surface area (Å²) in [5.41, 5.74) is 1.33. The van der Waals surface area contributed by atoms with Gasteiger partial charge in [-0.3, -0.25) is 14.4 Å². The van der Waals surface area contributed by atoms with E-state index in [2.05, 4.69) is 26.6 Å². The van der Waals surface area contributed by atoms with E-state index in [9.17, 15) is 24.3 Å². The van der Waals surface area contributed by atoms with Gasteiger partial charge in [0.1, 0.15) is 0 Å². The van der Waals surface area contributed by atoms with Crippen molar-refractivity contribution in [3.63, 3.8) is 0 Å². The lowest BCUT2D eigenvalue weighted by molar-refractivity contribution is -0.150. The van der Waals surface area contributed by atoms with E-state index in [1.54, 1.807) is 9.80 Å². The van der Waals surface area contributed by atoms with Crippen LogP contribution in [0.25, 0.3) is 0 Å². The summed E-state index contributed by atoms with van der Waals surface area (Å²) >= 11 is 3.59. The lowest BCUT2D eigenvalue weighted by Gasteiger charge is -2.32. The van der Waals surface area contributed by atoms with Crippen LogP contribution in [-0.4, -0.2) is 78.7 Å². The summed E-state index contributed by atoms with van der Waals surface area (Å²) in [7, 11) is -2.93. The molecule has 3 fully saturated rings. The second kappa shape index (κ2) is 12.5. The third-order valence-electron chi connectivity index (χ3n) is 10.2. The van der Waals surface area contributed by atoms with E-state index in [0.29, 0.717) is 18.8 Å². The highest BCUT2D eigenvalue weighted by molar-refractivity contribution is 9.10. The zero-order chi connectivity index (χ0) is 32.1. The molecule has 4 N–H and O–H groups in total. The summed E-state index contributed by atoms with van der Waals surface area (Å²) in [6.45, 7) is 7.32. The van der Waals surface area contributed by atoms with Crippen LogP contribution in [0, 0.1) is 5.92 Å². The van der Waals surface area contributed by atoms with Crippen molar-refractivity contribution in [2.45, 2.75) is 88.0 Å². The minimum absolute atomic E-state index is 0.0432. The summed E-state index contributed by atoms with van der Waals surface area (Å²) in [4.78, 5) is 55.8. The molecule has 3 amide bonds. The number of carbonyl (C=O) groups is 3. The van der Waals surface area contributed by atoms with Crippen molar-refractivity contribution in [2.75, 3.05) is 29.9 Å². The Morgan fingerprint density at radius 2 is 1.91 bits per heavy atom. The van der Waals surface area contributed by atoms with Crippen molar-refractivity contribution in [1.29, 1.82) is 0 Å². The lowest BCUT2D eigenvalue weighted by atomic mass is 9.82. The number of ether oxygens (including phenoxy) is 1. The van der Waals surface area contributed by atoms with E-state index in [1.165, 1.54) is 0 Å². The molecule has 3 saturated heterocycles. The maximum absolute atomic E-state index is 14.7. The first-order valence-corrected chi connectivity index (χ1v) is 19.8. The molecule has 0 unspecified atom stereocenters. The Morgan fingerprint density at radius 1 is 1.16 bits per heavy atom. The molecule has 4 aliphatic heterocycles. The Morgan fingerprint density at radius 3 is 2.58 bits per heavy atom. The molecule has 0 radical (unpaired) electrons. The predicted molar refractivity (Wildman–Crippen MR) is 177 cm³/mol. The van der Waals surface area contributed by atoms with Crippen LogP contribution in [0.15, 0.2) is 46.9 Å². The average molecular weight is 700 g/mol. The second-order valence-corrected chi connectivity index (χ2v) is 18.4. The van der Waals surface area contributed by atoms with Crippen LogP contribution >= 0.6 is 15.9 Å². The highest BCUT2D eigenvalue weighted by Gasteiger charge is 2.66. The maximum Gasteiger partial charge on any atom is 0.264 e. The topological polar surface area (TPSA) is 131 Å². The Labute approximate surface area is 273 Å². The molecule has 0 aromatic heterocycles. The van der Waals surface area contributed by atoms with Gasteiger partial charge in [-0.25, -0.2) is 0 Å². The van der Waals surface area contributed by atoms with Crippen molar-refractivity contribution >= 4 is 53.3 Å². The van der Waals surface area contributed by atoms with Crippen LogP contribution in [0.2, 0.25) is 18.6 Å². The first-order valence-electron chi connectivity index (χ1n) is 16.0. The van der Waals surface area contributed by atoms with Gasteiger partial charge in [-0.05, 0) is 81.2 Å². The van der Waals surface area contributed by atoms with E-state index >= 15 is 0 Å². The number of fused-ring (bicyclic) bond motifs is 2. The number of rotatable bonds is 8. The van der Waals surface area contributed by atoms with Crippen molar-refractivity contribution in [1.82, 2.24) is 10.2 Å². The quantitative estimate of drug-likeness (QED) is 0.308. The monoisotopic (exact) mass is 698 g/mol. The Balaban J connectivity index is 1.28. The number of hydrogen-bond donors (Lipinski definition) is 4. The van der Waals surface area contributed by atoms with Gasteiger partial charge in [-0.1, -0.05) is 35.0 Å². The molecule has 45 heavy (non-hydrogen) atoms. The fourth-order valence-corrected chi connectivity index (χ4v) is 11.0. The third-order valence-corrected chi connectivity index (χ3v) is 13.2. The number of amides is 3. The second-order valence-electron chi connectivity index (χ2n) is 13.5. The van der Waals surface area contributed by atoms with Crippen molar-refractivity contribution in [2.24, 2.45) is 5.92 Å². The average Bonchev–Trinajstić information content (AvgIpc) is 3.78. The number of likely N-dealkylation sites (tertiary alicyclic amines) is 1. The Kier molecular flexibility index (Phi) is 9.01. The molecule has 242 valence electrons. The molecule has 2 aromatic rings. The lowest BCUT2D eigenvalue weighted by Crippen LogP contribution is -2.46. The number of aliphatic hydroxyl groups is 1. The SMILES string of the molecule is C[C@@H]1[C@@H]([Si](C)(C)O)[C@H](CC(=O)N2CCC[C@H]2CO)O[C@@]12C(=O)N(Cc1ccc(NC(=O)[C@H]3CCCN3)cc1)c1ccc(Br)cc12. The number of carbonyl (C=O) groups excluding carboxylic acids is 3. The Hall–Kier alpha value is -2.61. The van der Waals surface area contributed by atoms with Gasteiger partial charge >= 0.3 is 0 Å². The molecule has 10 nitrogen and oxygen atoms in total. The van der Waals surface area contributed by atoms with Crippen molar-refractivity contribution in [3.05, 3.63) is 58.1 Å². The summed E-state index contributed by atoms with van der Waals surface area (Å²) in [5.74, 6) is -0.753. The summed E-state index contributed by atoms with van der Waals surface area (Å²) in [6, 6.07) is 12.9. The van der Waals surface area contributed by atoms with Crippen LogP contribution < -0.4 is 15.5 Å². The largest absolute Gasteiger partial charge is 0.432 e. The van der Waals surface area contributed by atoms with Gasteiger partial charge in [0.15, 0.2) is 13.9 Å². The number of hydrogen-bond acceptors (Lipinski definition) is 7. The highest BCUT2D eigenvalue weighted by Crippen LogP contribution is 2.60. The molecule has 0 bridgehead atoms. The highest BCUT2D eigenvalue weighted by atomic mass is 79.9. The van der Waals surface area contributed by atoms with Crippen molar-refractivity contribution in [3.8, 4) is 0 Å². The predicted octanol–water partition coefficient (Wildman–Crippen LogP) is 3.86. The number of nitrogens with zero attached hydrogens (tertiary/aromatic N) is 2. The minimum atomic E-state index is -2.93. The number of nitrogens with one attached hydrogen (secondary N) is 2. The first-order chi connectivity index (χ1) is 21.4. The van der Waals surface area contributed by atoms with Gasteiger partial charge in [0, 0.05) is 33.7 Å². The molecular weight excluding hydrogens is 656 g/mol. The van der Waals surface area contributed by atoms with E-state index < -0.39 is 20.0 Å². The van der Waals surface area contributed by atoms with Crippen LogP contribution in [0.3, 0.4) is 0 Å². The zero-order valence-electron chi connectivity index (χ0n) is 26.1. The molecule has 4 aliphatic rings. The van der Waals surface area contributed by atoms with E-state index in [4.69, 9.17) is 4.74 Å². The van der Waals surface area contributed by atoms with E-state index in [-0.39, 0.29) is 54.3 Å². The summed E-state index contributed by atoms with van der Waals surface area (Å²) in [6.07, 6.45) is 2.81. The molecule has 0 aliphatic carbocycles. The number of aliphatic hydroxyl groups excluding tert-OH is 1. The van der Waals surface area contributed by atoms with E-state index in [0.717, 1.165) is 53.5 Å². The van der Waals surface area contributed by atoms with E-state index in [1.807, 2.05) is 62.5 Å². The molecular formula is C33H43BrN4O6Si. The van der Waals surface area contributed by atoms with Crippen molar-refractivity contribution < 1.29 is 29.0 Å². The maximum atomic E-state index is 14.7. The molecule has 0 saturated carbocycles. The van der Waals surface area contributed by atoms with Crippen LogP contribution in [0.1, 0.15) is 50.2 Å². The molecule has 4 heterocycles. The molecule has 2 aromatic carbocycles. The van der Waals surface area contributed by atoms with Gasteiger partial charge < -0.3 is 35.1 Å². The van der Waals surface area contributed by atoms with Gasteiger partial charge in [0.25, 0.3) is 5.91 Å². The van der Waals surface area contributed by atoms with Gasteiger partial charge in [-0.15, -0.1) is 0 Å². The molecule has 6 atom stereocenters. The van der Waals surface area contributed by atoms with Crippen LogP contribution in [-0.2, 0) is 31.3 Å². The van der Waals surface area contributed by atoms with Gasteiger partial charge in [0.2, 0.25) is 11.8 Å². The minimum Gasteiger partial charge on any atom is -0.432 e. The number of halogens is 1. The first kappa shape index (κ1) is 32.3. The fourth-order valence-electron chi connectivity index (χ4n) is 8.06. The normalized spacial score (nSPS) is 29.6. The number of benzene rings is 2.